The van der Waals surface area contributed by atoms with Gasteiger partial charge in [0.25, 0.3) is 0 Å². The molecule has 1 saturated carbocycles. The third kappa shape index (κ3) is 2.60. The smallest absolute Gasteiger partial charge is 0.243 e. The fraction of sp³-hybridized carbons (Fsp3) is 0.562. The zero-order valence-electron chi connectivity index (χ0n) is 11.5. The molecule has 2 aliphatic rings. The summed E-state index contributed by atoms with van der Waals surface area (Å²) >= 11 is 0. The van der Waals surface area contributed by atoms with E-state index in [0.29, 0.717) is 12.0 Å². The molecule has 19 heavy (non-hydrogen) atoms. The summed E-state index contributed by atoms with van der Waals surface area (Å²) in [5.74, 6) is 0.823. The minimum absolute atomic E-state index is 0.0961. The van der Waals surface area contributed by atoms with E-state index in [1.807, 2.05) is 18.2 Å². The maximum absolute atomic E-state index is 12.3. The molecule has 0 radical (unpaired) electrons. The van der Waals surface area contributed by atoms with Crippen LogP contribution in [0.3, 0.4) is 0 Å². The summed E-state index contributed by atoms with van der Waals surface area (Å²) in [6, 6.07) is 8.38. The summed E-state index contributed by atoms with van der Waals surface area (Å²) in [7, 11) is 0. The van der Waals surface area contributed by atoms with Gasteiger partial charge in [-0.1, -0.05) is 31.0 Å². The monoisotopic (exact) mass is 258 g/mol. The summed E-state index contributed by atoms with van der Waals surface area (Å²) in [5, 5.41) is 6.52. The second-order valence-electron chi connectivity index (χ2n) is 5.90. The molecule has 1 heterocycles. The second kappa shape index (κ2) is 5.24. The Morgan fingerprint density at radius 1 is 1.32 bits per heavy atom. The second-order valence-corrected chi connectivity index (χ2v) is 5.90. The van der Waals surface area contributed by atoms with Gasteiger partial charge in [-0.15, -0.1) is 0 Å². The van der Waals surface area contributed by atoms with Crippen LogP contribution in [0.4, 0.5) is 5.69 Å². The van der Waals surface area contributed by atoms with E-state index in [0.717, 1.165) is 12.1 Å². The summed E-state index contributed by atoms with van der Waals surface area (Å²) in [4.78, 5) is 12.3. The molecule has 1 aliphatic carbocycles. The van der Waals surface area contributed by atoms with Crippen molar-refractivity contribution < 1.29 is 4.79 Å². The van der Waals surface area contributed by atoms with Crippen LogP contribution >= 0.6 is 0 Å². The summed E-state index contributed by atoms with van der Waals surface area (Å²) < 4.78 is 0. The Morgan fingerprint density at radius 3 is 2.79 bits per heavy atom. The Morgan fingerprint density at radius 2 is 2.05 bits per heavy atom. The molecule has 1 aliphatic heterocycles. The Labute approximate surface area is 114 Å². The molecular formula is C16H22N2O. The Bertz CT molecular complexity index is 441. The van der Waals surface area contributed by atoms with Crippen LogP contribution < -0.4 is 10.6 Å². The molecule has 1 fully saturated rings. The highest BCUT2D eigenvalue weighted by atomic mass is 16.2. The topological polar surface area (TPSA) is 41.1 Å². The van der Waals surface area contributed by atoms with Crippen LogP contribution in [-0.4, -0.2) is 18.0 Å². The van der Waals surface area contributed by atoms with Crippen LogP contribution in [-0.2, 0) is 11.2 Å². The molecule has 3 heteroatoms. The van der Waals surface area contributed by atoms with Crippen molar-refractivity contribution in [1.29, 1.82) is 0 Å². The SMILES string of the molecule is C[C@@H](NC(=O)C1Cc2ccccc2N1)C1CCCC1. The number of carbonyl (C=O) groups is 1. The van der Waals surface area contributed by atoms with E-state index in [9.17, 15) is 4.79 Å². The Hall–Kier alpha value is -1.51. The maximum Gasteiger partial charge on any atom is 0.243 e. The number of hydrogen-bond acceptors (Lipinski definition) is 2. The molecule has 2 N–H and O–H groups in total. The van der Waals surface area contributed by atoms with Crippen molar-refractivity contribution in [3.05, 3.63) is 29.8 Å². The van der Waals surface area contributed by atoms with Gasteiger partial charge in [0.05, 0.1) is 0 Å². The van der Waals surface area contributed by atoms with Crippen LogP contribution in [0.5, 0.6) is 0 Å². The maximum atomic E-state index is 12.3. The van der Waals surface area contributed by atoms with Crippen molar-refractivity contribution in [2.45, 2.75) is 51.1 Å². The lowest BCUT2D eigenvalue weighted by molar-refractivity contribution is -0.122. The van der Waals surface area contributed by atoms with Gasteiger partial charge in [-0.05, 0) is 37.3 Å². The number of carbonyl (C=O) groups excluding carboxylic acids is 1. The Balaban J connectivity index is 1.57. The van der Waals surface area contributed by atoms with E-state index in [1.54, 1.807) is 0 Å². The van der Waals surface area contributed by atoms with E-state index < -0.39 is 0 Å². The molecule has 0 saturated heterocycles. The number of amides is 1. The number of hydrogen-bond donors (Lipinski definition) is 2. The van der Waals surface area contributed by atoms with Gasteiger partial charge >= 0.3 is 0 Å². The van der Waals surface area contributed by atoms with Crippen molar-refractivity contribution >= 4 is 11.6 Å². The standard InChI is InChI=1S/C16H22N2O/c1-11(12-6-2-3-7-12)17-16(19)15-10-13-8-4-5-9-14(13)18-15/h4-5,8-9,11-12,15,18H,2-3,6-7,10H2,1H3,(H,17,19)/t11-,15?/m1/s1. The summed E-state index contributed by atoms with van der Waals surface area (Å²) in [6.45, 7) is 2.15. The van der Waals surface area contributed by atoms with Crippen LogP contribution in [0, 0.1) is 5.92 Å². The molecule has 3 rings (SSSR count). The van der Waals surface area contributed by atoms with Crippen molar-refractivity contribution in [3.63, 3.8) is 0 Å². The zero-order chi connectivity index (χ0) is 13.2. The summed E-state index contributed by atoms with van der Waals surface area (Å²) in [6.07, 6.45) is 5.97. The van der Waals surface area contributed by atoms with Crippen LogP contribution in [0.15, 0.2) is 24.3 Å². The van der Waals surface area contributed by atoms with Crippen LogP contribution in [0.1, 0.15) is 38.2 Å². The van der Waals surface area contributed by atoms with Gasteiger partial charge in [0, 0.05) is 18.2 Å². The van der Waals surface area contributed by atoms with Gasteiger partial charge in [0.15, 0.2) is 0 Å². The largest absolute Gasteiger partial charge is 0.373 e. The normalized spacial score (nSPS) is 23.7. The van der Waals surface area contributed by atoms with Crippen molar-refractivity contribution in [2.75, 3.05) is 5.32 Å². The number of nitrogens with one attached hydrogen (secondary N) is 2. The fourth-order valence-electron chi connectivity index (χ4n) is 3.36. The molecule has 1 aromatic carbocycles. The number of para-hydroxylation sites is 1. The number of anilines is 1. The van der Waals surface area contributed by atoms with Crippen LogP contribution in [0.2, 0.25) is 0 Å². The number of fused-ring (bicyclic) bond motifs is 1. The molecule has 1 unspecified atom stereocenters. The molecular weight excluding hydrogens is 236 g/mol. The van der Waals surface area contributed by atoms with Crippen molar-refractivity contribution in [2.24, 2.45) is 5.92 Å². The highest BCUT2D eigenvalue weighted by molar-refractivity contribution is 5.87. The molecule has 102 valence electrons. The van der Waals surface area contributed by atoms with E-state index in [-0.39, 0.29) is 11.9 Å². The molecule has 0 spiro atoms. The Kier molecular flexibility index (Phi) is 3.45. The number of rotatable bonds is 3. The lowest BCUT2D eigenvalue weighted by Gasteiger charge is -2.22. The highest BCUT2D eigenvalue weighted by Gasteiger charge is 2.29. The molecule has 1 aromatic rings. The van der Waals surface area contributed by atoms with Crippen molar-refractivity contribution in [1.82, 2.24) is 5.32 Å². The highest BCUT2D eigenvalue weighted by Crippen LogP contribution is 2.28. The number of benzene rings is 1. The minimum Gasteiger partial charge on any atom is -0.373 e. The molecule has 0 bridgehead atoms. The molecule has 1 amide bonds. The molecule has 2 atom stereocenters. The average Bonchev–Trinajstić information content (AvgIpc) is 3.07. The van der Waals surface area contributed by atoms with E-state index in [2.05, 4.69) is 23.6 Å². The first-order chi connectivity index (χ1) is 9.24. The lowest BCUT2D eigenvalue weighted by atomic mass is 9.99. The third-order valence-electron chi connectivity index (χ3n) is 4.56. The first-order valence-electron chi connectivity index (χ1n) is 7.39. The molecule has 0 aromatic heterocycles. The van der Waals surface area contributed by atoms with Gasteiger partial charge < -0.3 is 10.6 Å². The lowest BCUT2D eigenvalue weighted by Crippen LogP contribution is -2.45. The van der Waals surface area contributed by atoms with Gasteiger partial charge in [0.1, 0.15) is 6.04 Å². The predicted octanol–water partition coefficient (Wildman–Crippen LogP) is 2.72. The fourth-order valence-corrected chi connectivity index (χ4v) is 3.36. The first-order valence-corrected chi connectivity index (χ1v) is 7.39. The van der Waals surface area contributed by atoms with Gasteiger partial charge in [-0.25, -0.2) is 0 Å². The summed E-state index contributed by atoms with van der Waals surface area (Å²) in [5.41, 5.74) is 2.35. The minimum atomic E-state index is -0.0961. The van der Waals surface area contributed by atoms with Crippen LogP contribution in [0.25, 0.3) is 0 Å². The van der Waals surface area contributed by atoms with Crippen molar-refractivity contribution in [3.8, 4) is 0 Å². The van der Waals surface area contributed by atoms with E-state index in [1.165, 1.54) is 31.2 Å². The van der Waals surface area contributed by atoms with E-state index >= 15 is 0 Å². The quantitative estimate of drug-likeness (QED) is 0.875. The van der Waals surface area contributed by atoms with E-state index in [4.69, 9.17) is 0 Å². The van der Waals surface area contributed by atoms with Gasteiger partial charge in [-0.3, -0.25) is 4.79 Å². The third-order valence-corrected chi connectivity index (χ3v) is 4.56. The zero-order valence-corrected chi connectivity index (χ0v) is 11.5. The first kappa shape index (κ1) is 12.5. The van der Waals surface area contributed by atoms with Gasteiger partial charge in [-0.2, -0.15) is 0 Å². The predicted molar refractivity (Wildman–Crippen MR) is 77.1 cm³/mol. The van der Waals surface area contributed by atoms with Gasteiger partial charge in [0.2, 0.25) is 5.91 Å². The molecule has 3 nitrogen and oxygen atoms in total. The average molecular weight is 258 g/mol.